The van der Waals surface area contributed by atoms with Crippen LogP contribution in [0.15, 0.2) is 35.3 Å². The van der Waals surface area contributed by atoms with Gasteiger partial charge < -0.3 is 10.2 Å². The molecule has 1 aliphatic rings. The van der Waals surface area contributed by atoms with Crippen LogP contribution in [0, 0.1) is 0 Å². The summed E-state index contributed by atoms with van der Waals surface area (Å²) >= 11 is 1.84. The quantitative estimate of drug-likeness (QED) is 0.816. The summed E-state index contributed by atoms with van der Waals surface area (Å²) in [5, 5.41) is 4.62. The van der Waals surface area contributed by atoms with Crippen molar-refractivity contribution in [2.75, 3.05) is 25.9 Å². The van der Waals surface area contributed by atoms with E-state index in [4.69, 9.17) is 0 Å². The molecule has 0 bridgehead atoms. The number of thioether (sulfide) groups is 1. The summed E-state index contributed by atoms with van der Waals surface area (Å²) in [6.07, 6.45) is 1.12. The third-order valence-corrected chi connectivity index (χ3v) is 4.71. The number of nitrogens with one attached hydrogen (secondary N) is 1. The summed E-state index contributed by atoms with van der Waals surface area (Å²) in [5.74, 6) is 1.08. The second-order valence-corrected chi connectivity index (χ2v) is 6.54. The van der Waals surface area contributed by atoms with E-state index in [9.17, 15) is 0 Å². The van der Waals surface area contributed by atoms with Gasteiger partial charge in [0.2, 0.25) is 0 Å². The SMILES string of the molecule is CC(C)N(C)CCCN=C1NC(c2ccccc2)CS1. The Balaban J connectivity index is 1.74. The number of aliphatic imine (C=N–C) groups is 1. The molecule has 1 unspecified atom stereocenters. The van der Waals surface area contributed by atoms with E-state index in [2.05, 4.69) is 66.4 Å². The van der Waals surface area contributed by atoms with Crippen LogP contribution in [-0.4, -0.2) is 42.0 Å². The summed E-state index contributed by atoms with van der Waals surface area (Å²) in [7, 11) is 2.17. The van der Waals surface area contributed by atoms with Gasteiger partial charge in [-0.05, 0) is 39.4 Å². The Morgan fingerprint density at radius 3 is 2.80 bits per heavy atom. The molecule has 0 aromatic heterocycles. The van der Waals surface area contributed by atoms with Crippen molar-refractivity contribution in [1.82, 2.24) is 10.2 Å². The van der Waals surface area contributed by atoms with Crippen LogP contribution in [0.3, 0.4) is 0 Å². The fraction of sp³-hybridized carbons (Fsp3) is 0.562. The summed E-state index contributed by atoms with van der Waals surface area (Å²) in [6.45, 7) is 6.48. The number of hydrogen-bond acceptors (Lipinski definition) is 3. The lowest BCUT2D eigenvalue weighted by Gasteiger charge is -2.20. The van der Waals surface area contributed by atoms with Crippen LogP contribution in [0.2, 0.25) is 0 Å². The highest BCUT2D eigenvalue weighted by molar-refractivity contribution is 8.14. The van der Waals surface area contributed by atoms with E-state index in [-0.39, 0.29) is 0 Å². The molecule has 0 spiro atoms. The van der Waals surface area contributed by atoms with Crippen molar-refractivity contribution in [3.05, 3.63) is 35.9 Å². The van der Waals surface area contributed by atoms with Gasteiger partial charge in [-0.1, -0.05) is 42.1 Å². The third kappa shape index (κ3) is 4.53. The largest absolute Gasteiger partial charge is 0.357 e. The number of hydrogen-bond donors (Lipinski definition) is 1. The molecule has 1 saturated heterocycles. The fourth-order valence-corrected chi connectivity index (χ4v) is 3.12. The van der Waals surface area contributed by atoms with Crippen molar-refractivity contribution < 1.29 is 0 Å². The van der Waals surface area contributed by atoms with Crippen LogP contribution in [0.5, 0.6) is 0 Å². The van der Waals surface area contributed by atoms with E-state index in [1.807, 2.05) is 11.8 Å². The summed E-state index contributed by atoms with van der Waals surface area (Å²) in [4.78, 5) is 7.04. The Morgan fingerprint density at radius 2 is 2.10 bits per heavy atom. The van der Waals surface area contributed by atoms with E-state index in [1.165, 1.54) is 5.56 Å². The van der Waals surface area contributed by atoms with E-state index in [0.717, 1.165) is 30.4 Å². The summed E-state index contributed by atoms with van der Waals surface area (Å²) in [5.41, 5.74) is 1.35. The lowest BCUT2D eigenvalue weighted by atomic mass is 10.1. The molecule has 0 radical (unpaired) electrons. The maximum atomic E-state index is 4.67. The van der Waals surface area contributed by atoms with Crippen LogP contribution < -0.4 is 5.32 Å². The first kappa shape index (κ1) is 15.4. The fourth-order valence-electron chi connectivity index (χ4n) is 2.11. The minimum Gasteiger partial charge on any atom is -0.357 e. The number of rotatable bonds is 6. The minimum absolute atomic E-state index is 0.415. The Kier molecular flexibility index (Phi) is 5.92. The number of benzene rings is 1. The molecule has 20 heavy (non-hydrogen) atoms. The van der Waals surface area contributed by atoms with Crippen molar-refractivity contribution in [1.29, 1.82) is 0 Å². The highest BCUT2D eigenvalue weighted by Gasteiger charge is 2.21. The molecule has 1 aromatic rings. The van der Waals surface area contributed by atoms with Crippen LogP contribution in [0.1, 0.15) is 31.9 Å². The molecule has 1 heterocycles. The first-order valence-electron chi connectivity index (χ1n) is 7.36. The van der Waals surface area contributed by atoms with Crippen molar-refractivity contribution in [2.45, 2.75) is 32.4 Å². The van der Waals surface area contributed by atoms with Crippen molar-refractivity contribution in [3.8, 4) is 0 Å². The molecule has 1 aliphatic heterocycles. The Morgan fingerprint density at radius 1 is 1.35 bits per heavy atom. The van der Waals surface area contributed by atoms with Gasteiger partial charge >= 0.3 is 0 Å². The first-order valence-corrected chi connectivity index (χ1v) is 8.34. The molecular weight excluding hydrogens is 266 g/mol. The normalized spacial score (nSPS) is 20.9. The molecular formula is C16H25N3S. The van der Waals surface area contributed by atoms with E-state index in [1.54, 1.807) is 0 Å². The molecule has 0 saturated carbocycles. The second kappa shape index (κ2) is 7.70. The van der Waals surface area contributed by atoms with Crippen molar-refractivity contribution in [3.63, 3.8) is 0 Å². The Hall–Kier alpha value is -1.00. The van der Waals surface area contributed by atoms with Crippen LogP contribution in [-0.2, 0) is 0 Å². The molecule has 4 heteroatoms. The average Bonchev–Trinajstić information content (AvgIpc) is 2.93. The Labute approximate surface area is 126 Å². The molecule has 1 atom stereocenters. The maximum Gasteiger partial charge on any atom is 0.157 e. The zero-order valence-corrected chi connectivity index (χ0v) is 13.5. The molecule has 0 amide bonds. The monoisotopic (exact) mass is 291 g/mol. The lowest BCUT2D eigenvalue weighted by Crippen LogP contribution is -2.27. The topological polar surface area (TPSA) is 27.6 Å². The molecule has 0 aliphatic carbocycles. The van der Waals surface area contributed by atoms with Gasteiger partial charge in [-0.3, -0.25) is 4.99 Å². The molecule has 1 fully saturated rings. The summed E-state index contributed by atoms with van der Waals surface area (Å²) < 4.78 is 0. The third-order valence-electron chi connectivity index (χ3n) is 3.69. The van der Waals surface area contributed by atoms with E-state index >= 15 is 0 Å². The highest BCUT2D eigenvalue weighted by atomic mass is 32.2. The predicted octanol–water partition coefficient (Wildman–Crippen LogP) is 3.15. The van der Waals surface area contributed by atoms with Crippen LogP contribution in [0.25, 0.3) is 0 Å². The number of nitrogens with zero attached hydrogens (tertiary/aromatic N) is 2. The van der Waals surface area contributed by atoms with E-state index in [0.29, 0.717) is 12.1 Å². The molecule has 1 aromatic carbocycles. The van der Waals surface area contributed by atoms with E-state index < -0.39 is 0 Å². The van der Waals surface area contributed by atoms with Gasteiger partial charge in [0.15, 0.2) is 5.17 Å². The lowest BCUT2D eigenvalue weighted by molar-refractivity contribution is 0.272. The zero-order chi connectivity index (χ0) is 14.4. The second-order valence-electron chi connectivity index (χ2n) is 5.53. The van der Waals surface area contributed by atoms with Gasteiger partial charge in [-0.15, -0.1) is 0 Å². The predicted molar refractivity (Wildman–Crippen MR) is 89.5 cm³/mol. The molecule has 1 N–H and O–H groups in total. The maximum absolute atomic E-state index is 4.67. The van der Waals surface area contributed by atoms with Gasteiger partial charge in [0, 0.05) is 18.3 Å². The minimum atomic E-state index is 0.415. The number of amidine groups is 1. The molecule has 3 nitrogen and oxygen atoms in total. The van der Waals surface area contributed by atoms with Gasteiger partial charge in [0.1, 0.15) is 0 Å². The zero-order valence-electron chi connectivity index (χ0n) is 12.7. The van der Waals surface area contributed by atoms with Gasteiger partial charge in [0.25, 0.3) is 0 Å². The van der Waals surface area contributed by atoms with Gasteiger partial charge in [0.05, 0.1) is 6.04 Å². The van der Waals surface area contributed by atoms with Gasteiger partial charge in [-0.25, -0.2) is 0 Å². The van der Waals surface area contributed by atoms with Gasteiger partial charge in [-0.2, -0.15) is 0 Å². The molecule has 110 valence electrons. The molecule has 2 rings (SSSR count). The highest BCUT2D eigenvalue weighted by Crippen LogP contribution is 2.25. The van der Waals surface area contributed by atoms with Crippen molar-refractivity contribution >= 4 is 16.9 Å². The van der Waals surface area contributed by atoms with Crippen molar-refractivity contribution in [2.24, 2.45) is 4.99 Å². The standard InChI is InChI=1S/C16H25N3S/c1-13(2)19(3)11-7-10-17-16-18-15(12-20-16)14-8-5-4-6-9-14/h4-6,8-9,13,15H,7,10-12H2,1-3H3,(H,17,18). The van der Waals surface area contributed by atoms with Crippen LogP contribution >= 0.6 is 11.8 Å². The first-order chi connectivity index (χ1) is 9.66. The average molecular weight is 291 g/mol. The van der Waals surface area contributed by atoms with Crippen LogP contribution in [0.4, 0.5) is 0 Å². The Bertz CT molecular complexity index is 431. The smallest absolute Gasteiger partial charge is 0.157 e. The summed E-state index contributed by atoms with van der Waals surface area (Å²) in [6, 6.07) is 11.6.